The van der Waals surface area contributed by atoms with Crippen LogP contribution in [0.15, 0.2) is 83.3 Å². The van der Waals surface area contributed by atoms with Gasteiger partial charge in [0.1, 0.15) is 11.8 Å². The molecule has 0 fully saturated rings. The number of fused-ring (bicyclic) bond motifs is 1. The van der Waals surface area contributed by atoms with Gasteiger partial charge in [-0.3, -0.25) is 14.5 Å². The molecule has 3 aromatic rings. The van der Waals surface area contributed by atoms with E-state index in [9.17, 15) is 14.4 Å². The number of hydrogen-bond acceptors (Lipinski definition) is 4. The highest BCUT2D eigenvalue weighted by molar-refractivity contribution is 9.10. The van der Waals surface area contributed by atoms with Crippen molar-refractivity contribution in [2.45, 2.75) is 12.5 Å². The van der Waals surface area contributed by atoms with Crippen LogP contribution in [0.4, 0.5) is 0 Å². The van der Waals surface area contributed by atoms with Gasteiger partial charge in [0.05, 0.1) is 15.6 Å². The van der Waals surface area contributed by atoms with E-state index in [2.05, 4.69) is 15.9 Å². The van der Waals surface area contributed by atoms with Crippen molar-refractivity contribution in [3.63, 3.8) is 0 Å². The molecule has 3 aromatic carbocycles. The third-order valence-corrected chi connectivity index (χ3v) is 5.38. The molecular formula is C23H16BrNO4. The van der Waals surface area contributed by atoms with Crippen molar-refractivity contribution < 1.29 is 19.1 Å². The van der Waals surface area contributed by atoms with Crippen LogP contribution in [0.2, 0.25) is 0 Å². The molecular weight excluding hydrogens is 434 g/mol. The largest absolute Gasteiger partial charge is 0.424 e. The van der Waals surface area contributed by atoms with Crippen LogP contribution in [-0.4, -0.2) is 28.7 Å². The Balaban J connectivity index is 1.69. The van der Waals surface area contributed by atoms with Crippen LogP contribution in [0.1, 0.15) is 26.3 Å². The van der Waals surface area contributed by atoms with Crippen LogP contribution in [-0.2, 0) is 11.2 Å². The number of para-hydroxylation sites is 1. The molecule has 0 bridgehead atoms. The van der Waals surface area contributed by atoms with Gasteiger partial charge in [0.25, 0.3) is 11.8 Å². The molecule has 0 spiro atoms. The normalized spacial score (nSPS) is 13.9. The van der Waals surface area contributed by atoms with Crippen molar-refractivity contribution in [2.24, 2.45) is 0 Å². The molecule has 29 heavy (non-hydrogen) atoms. The minimum absolute atomic E-state index is 0.162. The molecule has 0 unspecified atom stereocenters. The Kier molecular flexibility index (Phi) is 5.27. The van der Waals surface area contributed by atoms with Crippen LogP contribution in [0, 0.1) is 0 Å². The van der Waals surface area contributed by atoms with Gasteiger partial charge in [-0.05, 0) is 45.8 Å². The maximum atomic E-state index is 13.1. The number of nitrogens with zero attached hydrogens (tertiary/aromatic N) is 1. The van der Waals surface area contributed by atoms with E-state index in [0.29, 0.717) is 21.3 Å². The van der Waals surface area contributed by atoms with Crippen molar-refractivity contribution in [1.29, 1.82) is 0 Å². The summed E-state index contributed by atoms with van der Waals surface area (Å²) in [7, 11) is 0. The number of imide groups is 1. The van der Waals surface area contributed by atoms with Gasteiger partial charge < -0.3 is 4.74 Å². The Morgan fingerprint density at radius 3 is 2.00 bits per heavy atom. The van der Waals surface area contributed by atoms with E-state index >= 15 is 0 Å². The molecule has 6 heteroatoms. The van der Waals surface area contributed by atoms with E-state index in [1.54, 1.807) is 48.5 Å². The maximum Gasteiger partial charge on any atom is 0.335 e. The monoisotopic (exact) mass is 449 g/mol. The summed E-state index contributed by atoms with van der Waals surface area (Å²) in [4.78, 5) is 40.0. The van der Waals surface area contributed by atoms with E-state index < -0.39 is 23.8 Å². The molecule has 4 rings (SSSR count). The first kappa shape index (κ1) is 19.1. The first-order chi connectivity index (χ1) is 14.1. The summed E-state index contributed by atoms with van der Waals surface area (Å²) in [5, 5.41) is 0. The number of rotatable bonds is 5. The summed E-state index contributed by atoms with van der Waals surface area (Å²) >= 11 is 3.35. The molecule has 144 valence electrons. The summed E-state index contributed by atoms with van der Waals surface area (Å²) in [6.07, 6.45) is 0.162. The molecule has 0 aromatic heterocycles. The summed E-state index contributed by atoms with van der Waals surface area (Å²) in [6, 6.07) is 21.6. The fourth-order valence-electron chi connectivity index (χ4n) is 3.31. The predicted molar refractivity (Wildman–Crippen MR) is 111 cm³/mol. The Labute approximate surface area is 176 Å². The number of esters is 1. The molecule has 0 saturated heterocycles. The highest BCUT2D eigenvalue weighted by Crippen LogP contribution is 2.29. The van der Waals surface area contributed by atoms with Crippen molar-refractivity contribution in [1.82, 2.24) is 4.90 Å². The average Bonchev–Trinajstić information content (AvgIpc) is 2.99. The van der Waals surface area contributed by atoms with Gasteiger partial charge in [0.2, 0.25) is 0 Å². The van der Waals surface area contributed by atoms with Crippen LogP contribution in [0.5, 0.6) is 5.75 Å². The van der Waals surface area contributed by atoms with Crippen molar-refractivity contribution >= 4 is 33.7 Å². The zero-order valence-electron chi connectivity index (χ0n) is 15.2. The van der Waals surface area contributed by atoms with Gasteiger partial charge in [-0.2, -0.15) is 0 Å². The maximum absolute atomic E-state index is 13.1. The fraction of sp³-hybridized carbons (Fsp3) is 0.0870. The number of halogens is 1. The number of benzene rings is 3. The van der Waals surface area contributed by atoms with Crippen molar-refractivity contribution in [3.8, 4) is 5.75 Å². The van der Waals surface area contributed by atoms with Gasteiger partial charge in [0.15, 0.2) is 0 Å². The smallest absolute Gasteiger partial charge is 0.335 e. The summed E-state index contributed by atoms with van der Waals surface area (Å²) in [5.41, 5.74) is 1.41. The van der Waals surface area contributed by atoms with Gasteiger partial charge in [-0.25, -0.2) is 4.79 Å². The molecule has 2 amide bonds. The predicted octanol–water partition coefficient (Wildman–Crippen LogP) is 4.26. The molecule has 1 aliphatic heterocycles. The summed E-state index contributed by atoms with van der Waals surface area (Å²) < 4.78 is 6.16. The lowest BCUT2D eigenvalue weighted by atomic mass is 10.0. The number of carbonyl (C=O) groups is 3. The Hall–Kier alpha value is -3.25. The van der Waals surface area contributed by atoms with E-state index in [1.807, 2.05) is 30.3 Å². The topological polar surface area (TPSA) is 63.7 Å². The number of hydrogen-bond donors (Lipinski definition) is 0. The quantitative estimate of drug-likeness (QED) is 0.331. The molecule has 1 heterocycles. The van der Waals surface area contributed by atoms with Gasteiger partial charge >= 0.3 is 5.97 Å². The van der Waals surface area contributed by atoms with Crippen molar-refractivity contribution in [2.75, 3.05) is 0 Å². The highest BCUT2D eigenvalue weighted by atomic mass is 79.9. The van der Waals surface area contributed by atoms with Crippen LogP contribution < -0.4 is 4.74 Å². The molecule has 0 N–H and O–H groups in total. The lowest BCUT2D eigenvalue weighted by molar-refractivity contribution is -0.138. The molecule has 0 aliphatic carbocycles. The second-order valence-electron chi connectivity index (χ2n) is 6.58. The van der Waals surface area contributed by atoms with Crippen molar-refractivity contribution in [3.05, 3.63) is 100 Å². The number of carbonyl (C=O) groups excluding carboxylic acids is 3. The second-order valence-corrected chi connectivity index (χ2v) is 7.44. The molecule has 0 saturated carbocycles. The van der Waals surface area contributed by atoms with E-state index in [4.69, 9.17) is 4.74 Å². The molecule has 5 nitrogen and oxygen atoms in total. The third-order valence-electron chi connectivity index (χ3n) is 4.73. The Morgan fingerprint density at radius 2 is 1.38 bits per heavy atom. The molecule has 1 atom stereocenters. The van der Waals surface area contributed by atoms with Gasteiger partial charge in [-0.1, -0.05) is 54.6 Å². The average molecular weight is 450 g/mol. The Bertz CT molecular complexity index is 1060. The number of ether oxygens (including phenoxy) is 1. The van der Waals surface area contributed by atoms with Crippen LogP contribution in [0.25, 0.3) is 0 Å². The highest BCUT2D eigenvalue weighted by Gasteiger charge is 2.43. The first-order valence-corrected chi connectivity index (χ1v) is 9.82. The summed E-state index contributed by atoms with van der Waals surface area (Å²) in [6.45, 7) is 0. The SMILES string of the molecule is O=C(Oc1ccccc1Br)[C@@H](Cc1ccccc1)N1C(=O)c2ccccc2C1=O. The van der Waals surface area contributed by atoms with Crippen LogP contribution >= 0.6 is 15.9 Å². The van der Waals surface area contributed by atoms with E-state index in [-0.39, 0.29) is 6.42 Å². The minimum atomic E-state index is -1.09. The standard InChI is InChI=1S/C23H16BrNO4/c24-18-12-6-7-13-20(18)29-23(28)19(14-15-8-2-1-3-9-15)25-21(26)16-10-4-5-11-17(16)22(25)27/h1-13,19H,14H2/t19-/m1/s1. The zero-order chi connectivity index (χ0) is 20.4. The minimum Gasteiger partial charge on any atom is -0.424 e. The number of amides is 2. The van der Waals surface area contributed by atoms with E-state index in [0.717, 1.165) is 10.5 Å². The van der Waals surface area contributed by atoms with Gasteiger partial charge in [0, 0.05) is 6.42 Å². The van der Waals surface area contributed by atoms with E-state index in [1.165, 1.54) is 0 Å². The summed E-state index contributed by atoms with van der Waals surface area (Å²) in [5.74, 6) is -1.33. The Morgan fingerprint density at radius 1 is 0.828 bits per heavy atom. The zero-order valence-corrected chi connectivity index (χ0v) is 16.8. The second kappa shape index (κ2) is 8.01. The lowest BCUT2D eigenvalue weighted by Crippen LogP contribution is -2.48. The molecule has 1 aliphatic rings. The first-order valence-electron chi connectivity index (χ1n) is 9.03. The van der Waals surface area contributed by atoms with Gasteiger partial charge in [-0.15, -0.1) is 0 Å². The van der Waals surface area contributed by atoms with Crippen LogP contribution in [0.3, 0.4) is 0 Å². The fourth-order valence-corrected chi connectivity index (χ4v) is 3.68. The third kappa shape index (κ3) is 3.71. The molecule has 0 radical (unpaired) electrons. The lowest BCUT2D eigenvalue weighted by Gasteiger charge is -2.25.